The maximum Gasteiger partial charge on any atom is 0.310 e. The number of nitrogens with one attached hydrogen (secondary N) is 2. The fourth-order valence-corrected chi connectivity index (χ4v) is 8.59. The van der Waals surface area contributed by atoms with E-state index in [0.717, 1.165) is 64.2 Å². The van der Waals surface area contributed by atoms with Crippen molar-refractivity contribution in [2.24, 2.45) is 16.7 Å². The number of rotatable bonds is 23. The summed E-state index contributed by atoms with van der Waals surface area (Å²) in [5, 5.41) is 16.8. The van der Waals surface area contributed by atoms with Gasteiger partial charge < -0.3 is 25.2 Å². The van der Waals surface area contributed by atoms with Crippen molar-refractivity contribution < 1.29 is 29.0 Å². The van der Waals surface area contributed by atoms with E-state index in [4.69, 9.17) is 9.47 Å². The Labute approximate surface area is 305 Å². The van der Waals surface area contributed by atoms with Crippen LogP contribution >= 0.6 is 0 Å². The molecule has 0 aromatic carbocycles. The second kappa shape index (κ2) is 20.9. The van der Waals surface area contributed by atoms with Gasteiger partial charge in [-0.25, -0.2) is 0 Å². The van der Waals surface area contributed by atoms with Crippen molar-refractivity contribution in [2.45, 2.75) is 206 Å². The topological polar surface area (TPSA) is 114 Å². The molecule has 1 aliphatic heterocycles. The lowest BCUT2D eigenvalue weighted by Gasteiger charge is -2.45. The molecule has 50 heavy (non-hydrogen) atoms. The molecule has 8 heteroatoms. The molecule has 2 atom stereocenters. The predicted molar refractivity (Wildman–Crippen MR) is 202 cm³/mol. The number of hydrogen-bond acceptors (Lipinski definition) is 5. The third-order valence-electron chi connectivity index (χ3n) is 11.9. The molecule has 0 spiro atoms. The van der Waals surface area contributed by atoms with Gasteiger partial charge in [0.25, 0.3) is 0 Å². The van der Waals surface area contributed by atoms with Crippen LogP contribution in [0.1, 0.15) is 189 Å². The van der Waals surface area contributed by atoms with Crippen LogP contribution in [0.3, 0.4) is 0 Å². The average molecular weight is 703 g/mol. The Balaban J connectivity index is 1.48. The molecule has 0 radical (unpaired) electrons. The quantitative estimate of drug-likeness (QED) is 0.0722. The zero-order chi connectivity index (χ0) is 36.5. The van der Waals surface area contributed by atoms with Crippen LogP contribution in [0, 0.1) is 16.7 Å². The second-order valence-corrected chi connectivity index (χ2v) is 17.2. The minimum Gasteiger partial charge on any atom is -0.481 e. The molecule has 2 amide bonds. The molecular weight excluding hydrogens is 628 g/mol. The highest BCUT2D eigenvalue weighted by atomic mass is 16.7. The highest BCUT2D eigenvalue weighted by Crippen LogP contribution is 2.44. The van der Waals surface area contributed by atoms with Gasteiger partial charge in [-0.15, -0.1) is 0 Å². The van der Waals surface area contributed by atoms with Crippen molar-refractivity contribution in [3.8, 4) is 0 Å². The van der Waals surface area contributed by atoms with Crippen LogP contribution in [0.25, 0.3) is 0 Å². The highest BCUT2D eigenvalue weighted by Gasteiger charge is 2.51. The molecule has 0 bridgehead atoms. The van der Waals surface area contributed by atoms with Crippen LogP contribution in [0.4, 0.5) is 0 Å². The van der Waals surface area contributed by atoms with E-state index in [9.17, 15) is 19.5 Å². The van der Waals surface area contributed by atoms with E-state index in [0.29, 0.717) is 19.4 Å². The molecule has 3 N–H and O–H groups in total. The summed E-state index contributed by atoms with van der Waals surface area (Å²) < 4.78 is 11.8. The molecule has 1 heterocycles. The number of ether oxygens (including phenoxy) is 2. The maximum atomic E-state index is 14.3. The van der Waals surface area contributed by atoms with Crippen molar-refractivity contribution in [3.63, 3.8) is 0 Å². The van der Waals surface area contributed by atoms with E-state index < -0.39 is 40.1 Å². The highest BCUT2D eigenvalue weighted by molar-refractivity contribution is 5.85. The molecule has 288 valence electrons. The lowest BCUT2D eigenvalue weighted by Crippen LogP contribution is -2.62. The first-order chi connectivity index (χ1) is 23.9. The summed E-state index contributed by atoms with van der Waals surface area (Å²) in [6.07, 6.45) is 30.5. The number of carboxylic acids is 1. The molecule has 3 aliphatic rings. The molecule has 3 rings (SSSR count). The fraction of sp³-hybridized carbons (Fsp3) is 0.881. The largest absolute Gasteiger partial charge is 0.481 e. The zero-order valence-corrected chi connectivity index (χ0v) is 32.7. The van der Waals surface area contributed by atoms with E-state index in [1.54, 1.807) is 13.8 Å². The maximum absolute atomic E-state index is 14.3. The van der Waals surface area contributed by atoms with Crippen LogP contribution in [0.15, 0.2) is 12.2 Å². The van der Waals surface area contributed by atoms with E-state index in [2.05, 4.69) is 29.7 Å². The Morgan fingerprint density at radius 3 is 1.88 bits per heavy atom. The first-order valence-corrected chi connectivity index (χ1v) is 20.7. The minimum atomic E-state index is -0.981. The van der Waals surface area contributed by atoms with Crippen molar-refractivity contribution in [3.05, 3.63) is 12.2 Å². The molecule has 2 saturated carbocycles. The first-order valence-electron chi connectivity index (χ1n) is 20.7. The van der Waals surface area contributed by atoms with Gasteiger partial charge in [0.1, 0.15) is 6.10 Å². The predicted octanol–water partition coefficient (Wildman–Crippen LogP) is 9.79. The van der Waals surface area contributed by atoms with Gasteiger partial charge in [-0.2, -0.15) is 0 Å². The molecule has 8 nitrogen and oxygen atoms in total. The van der Waals surface area contributed by atoms with Crippen molar-refractivity contribution in [2.75, 3.05) is 13.2 Å². The van der Waals surface area contributed by atoms with Crippen molar-refractivity contribution in [1.29, 1.82) is 0 Å². The Bertz CT molecular complexity index is 1060. The third-order valence-corrected chi connectivity index (χ3v) is 11.9. The number of amides is 2. The smallest absolute Gasteiger partial charge is 0.310 e. The number of aliphatic carboxylic acids is 1. The Morgan fingerprint density at radius 2 is 1.30 bits per heavy atom. The summed E-state index contributed by atoms with van der Waals surface area (Å²) in [5.41, 5.74) is -1.85. The molecule has 0 aromatic rings. The van der Waals surface area contributed by atoms with E-state index in [-0.39, 0.29) is 18.4 Å². The van der Waals surface area contributed by atoms with Gasteiger partial charge in [-0.3, -0.25) is 14.4 Å². The van der Waals surface area contributed by atoms with Crippen LogP contribution in [-0.4, -0.2) is 53.5 Å². The van der Waals surface area contributed by atoms with Crippen LogP contribution in [-0.2, 0) is 23.9 Å². The summed E-state index contributed by atoms with van der Waals surface area (Å²) in [5.74, 6) is -3.09. The van der Waals surface area contributed by atoms with E-state index >= 15 is 0 Å². The van der Waals surface area contributed by atoms with Crippen LogP contribution in [0.5, 0.6) is 0 Å². The summed E-state index contributed by atoms with van der Waals surface area (Å²) >= 11 is 0. The Hall–Kier alpha value is -1.93. The Morgan fingerprint density at radius 1 is 0.760 bits per heavy atom. The SMILES string of the molecule is CCCCCCCC/C=C/CCCCCCCCC1(C(=O)NC2(C(CNC(=O)C3OC(C)(C)OCC3(C)C)C(=O)O)CCCC2)CCCCC1. The fourth-order valence-electron chi connectivity index (χ4n) is 8.59. The number of unbranched alkanes of at least 4 members (excludes halogenated alkanes) is 12. The summed E-state index contributed by atoms with van der Waals surface area (Å²) in [6.45, 7) is 9.98. The standard InChI is InChI=1S/C42H74N2O6/c1-6-7-8-9-10-11-12-13-14-15-16-17-18-19-20-22-27-41(28-23-21-24-29-41)38(48)44-42(30-25-26-31-42)34(37(46)47)32-43-36(45)35-39(2,3)33-49-40(4,5)50-35/h13-14,34-35H,6-12,15-33H2,1-5H3,(H,43,45)(H,44,48)(H,46,47)/b14-13+. The summed E-state index contributed by atoms with van der Waals surface area (Å²) in [4.78, 5) is 40.6. The summed E-state index contributed by atoms with van der Waals surface area (Å²) in [7, 11) is 0. The number of carbonyl (C=O) groups excluding carboxylic acids is 2. The lowest BCUT2D eigenvalue weighted by molar-refractivity contribution is -0.304. The lowest BCUT2D eigenvalue weighted by atomic mass is 9.69. The van der Waals surface area contributed by atoms with Gasteiger partial charge in [0.05, 0.1) is 18.1 Å². The molecule has 2 aliphatic carbocycles. The van der Waals surface area contributed by atoms with Gasteiger partial charge in [-0.05, 0) is 71.6 Å². The third kappa shape index (κ3) is 13.2. The molecule has 1 saturated heterocycles. The summed E-state index contributed by atoms with van der Waals surface area (Å²) in [6, 6.07) is 0. The van der Waals surface area contributed by atoms with Crippen molar-refractivity contribution in [1.82, 2.24) is 10.6 Å². The van der Waals surface area contributed by atoms with Gasteiger partial charge in [-0.1, -0.05) is 129 Å². The normalized spacial score (nSPS) is 23.0. The van der Waals surface area contributed by atoms with Gasteiger partial charge >= 0.3 is 5.97 Å². The molecule has 3 fully saturated rings. The first kappa shape index (κ1) is 42.5. The second-order valence-electron chi connectivity index (χ2n) is 17.2. The van der Waals surface area contributed by atoms with Crippen LogP contribution < -0.4 is 10.6 Å². The number of carbonyl (C=O) groups is 3. The van der Waals surface area contributed by atoms with Gasteiger partial charge in [0.15, 0.2) is 5.79 Å². The van der Waals surface area contributed by atoms with Gasteiger partial charge in [0, 0.05) is 17.4 Å². The number of carboxylic acid groups (broad SMARTS) is 1. The van der Waals surface area contributed by atoms with E-state index in [1.165, 1.54) is 77.0 Å². The average Bonchev–Trinajstić information content (AvgIpc) is 3.55. The molecule has 0 aromatic heterocycles. The van der Waals surface area contributed by atoms with Crippen LogP contribution in [0.2, 0.25) is 0 Å². The number of allylic oxidation sites excluding steroid dienone is 2. The minimum absolute atomic E-state index is 0.0417. The van der Waals surface area contributed by atoms with Gasteiger partial charge in [0.2, 0.25) is 11.8 Å². The Kier molecular flexibility index (Phi) is 17.8. The van der Waals surface area contributed by atoms with Crippen molar-refractivity contribution >= 4 is 17.8 Å². The number of hydrogen-bond donors (Lipinski definition) is 3. The van der Waals surface area contributed by atoms with E-state index in [1.807, 2.05) is 13.8 Å². The zero-order valence-electron chi connectivity index (χ0n) is 32.7. The monoisotopic (exact) mass is 703 g/mol. The molecule has 2 unspecified atom stereocenters. The molecular formula is C42H74N2O6.